The van der Waals surface area contributed by atoms with Crippen LogP contribution in [-0.4, -0.2) is 49.8 Å². The Labute approximate surface area is 115 Å². The molecule has 1 amide bonds. The average molecular weight is 279 g/mol. The molecular formula is C11H17N7O2. The molecule has 2 rings (SSSR count). The van der Waals surface area contributed by atoms with E-state index in [1.807, 2.05) is 20.8 Å². The number of hydrogen-bond acceptors (Lipinski definition) is 7. The van der Waals surface area contributed by atoms with Crippen LogP contribution in [0.15, 0.2) is 12.4 Å². The van der Waals surface area contributed by atoms with Crippen LogP contribution in [0, 0.1) is 0 Å². The normalized spacial score (nSPS) is 11.3. The number of fused-ring (bicyclic) bond motifs is 1. The Morgan fingerprint density at radius 1 is 1.35 bits per heavy atom. The van der Waals surface area contributed by atoms with Crippen LogP contribution < -0.4 is 10.6 Å². The third kappa shape index (κ3) is 3.77. The van der Waals surface area contributed by atoms with Gasteiger partial charge < -0.3 is 15.4 Å². The zero-order chi connectivity index (χ0) is 14.6. The van der Waals surface area contributed by atoms with Crippen LogP contribution in [-0.2, 0) is 4.74 Å². The number of amides is 1. The molecule has 2 heterocycles. The lowest BCUT2D eigenvalue weighted by Gasteiger charge is -2.19. The van der Waals surface area contributed by atoms with Crippen LogP contribution in [0.3, 0.4) is 0 Å². The van der Waals surface area contributed by atoms with Crippen LogP contribution in [0.4, 0.5) is 10.6 Å². The first-order chi connectivity index (χ1) is 9.46. The highest BCUT2D eigenvalue weighted by molar-refractivity contribution is 5.67. The van der Waals surface area contributed by atoms with Gasteiger partial charge in [-0.2, -0.15) is 4.52 Å². The first-order valence-electron chi connectivity index (χ1n) is 6.18. The molecule has 0 saturated carbocycles. The number of nitrogens with zero attached hydrogens (tertiary/aromatic N) is 5. The monoisotopic (exact) mass is 279 g/mol. The van der Waals surface area contributed by atoms with E-state index in [0.29, 0.717) is 24.6 Å². The summed E-state index contributed by atoms with van der Waals surface area (Å²) in [5, 5.41) is 16.9. The highest BCUT2D eigenvalue weighted by atomic mass is 16.6. The minimum atomic E-state index is -0.501. The predicted octanol–water partition coefficient (Wildman–Crippen LogP) is 0.456. The average Bonchev–Trinajstić information content (AvgIpc) is 2.81. The molecule has 2 aromatic heterocycles. The summed E-state index contributed by atoms with van der Waals surface area (Å²) in [5.41, 5.74) is 0.0504. The Morgan fingerprint density at radius 3 is 2.90 bits per heavy atom. The highest BCUT2D eigenvalue weighted by Gasteiger charge is 2.15. The topological polar surface area (TPSA) is 106 Å². The summed E-state index contributed by atoms with van der Waals surface area (Å²) in [7, 11) is 0. The lowest BCUT2D eigenvalue weighted by Crippen LogP contribution is -2.35. The van der Waals surface area contributed by atoms with E-state index < -0.39 is 11.7 Å². The van der Waals surface area contributed by atoms with Gasteiger partial charge in [-0.15, -0.1) is 5.10 Å². The Bertz CT molecular complexity index is 590. The van der Waals surface area contributed by atoms with Gasteiger partial charge in [-0.25, -0.2) is 4.79 Å². The third-order valence-electron chi connectivity index (χ3n) is 2.21. The molecule has 0 unspecified atom stereocenters. The predicted molar refractivity (Wildman–Crippen MR) is 71.3 cm³/mol. The lowest BCUT2D eigenvalue weighted by molar-refractivity contribution is 0.0530. The maximum absolute atomic E-state index is 11.4. The zero-order valence-electron chi connectivity index (χ0n) is 11.6. The van der Waals surface area contributed by atoms with Crippen LogP contribution in [0.25, 0.3) is 5.65 Å². The second-order valence-electron chi connectivity index (χ2n) is 5.10. The third-order valence-corrected chi connectivity index (χ3v) is 2.21. The van der Waals surface area contributed by atoms with Gasteiger partial charge in [-0.05, 0) is 31.2 Å². The van der Waals surface area contributed by atoms with Crippen LogP contribution in [0.1, 0.15) is 20.8 Å². The number of rotatable bonds is 4. The van der Waals surface area contributed by atoms with E-state index in [4.69, 9.17) is 4.74 Å². The summed E-state index contributed by atoms with van der Waals surface area (Å²) in [6.45, 7) is 6.35. The number of hydrogen-bond donors (Lipinski definition) is 2. The van der Waals surface area contributed by atoms with Crippen molar-refractivity contribution in [3.05, 3.63) is 12.4 Å². The Hall–Kier alpha value is -2.45. The summed E-state index contributed by atoms with van der Waals surface area (Å²) < 4.78 is 6.65. The quantitative estimate of drug-likeness (QED) is 0.783. The van der Waals surface area contributed by atoms with E-state index in [1.54, 1.807) is 12.4 Å². The molecule has 108 valence electrons. The number of aromatic nitrogens is 5. The summed E-state index contributed by atoms with van der Waals surface area (Å²) >= 11 is 0. The van der Waals surface area contributed by atoms with E-state index in [2.05, 4.69) is 31.1 Å². The number of alkyl carbamates (subject to hydrolysis) is 1. The molecule has 0 spiro atoms. The fraction of sp³-hybridized carbons (Fsp3) is 0.545. The van der Waals surface area contributed by atoms with Gasteiger partial charge in [0.05, 0.1) is 12.4 Å². The molecule has 9 heteroatoms. The van der Waals surface area contributed by atoms with Crippen molar-refractivity contribution in [1.82, 2.24) is 30.3 Å². The van der Waals surface area contributed by atoms with Gasteiger partial charge in [-0.1, -0.05) is 0 Å². The molecule has 0 saturated heterocycles. The van der Waals surface area contributed by atoms with Crippen molar-refractivity contribution in [3.8, 4) is 0 Å². The summed E-state index contributed by atoms with van der Waals surface area (Å²) in [4.78, 5) is 15.4. The van der Waals surface area contributed by atoms with Crippen molar-refractivity contribution >= 4 is 17.6 Å². The summed E-state index contributed by atoms with van der Waals surface area (Å²) in [6.07, 6.45) is 2.72. The fourth-order valence-corrected chi connectivity index (χ4v) is 1.47. The standard InChI is InChI=1S/C11H17N7O2/c1-11(2,3)20-10(19)14-5-4-13-8-6-12-7-9-15-16-17-18(8)9/h6-7,13H,4-5H2,1-3H3,(H,14,19). The minimum absolute atomic E-state index is 0.410. The van der Waals surface area contributed by atoms with Crippen molar-refractivity contribution in [2.75, 3.05) is 18.4 Å². The maximum atomic E-state index is 11.4. The molecule has 0 bridgehead atoms. The lowest BCUT2D eigenvalue weighted by atomic mass is 10.2. The van der Waals surface area contributed by atoms with Crippen molar-refractivity contribution in [2.24, 2.45) is 0 Å². The van der Waals surface area contributed by atoms with Crippen LogP contribution in [0.2, 0.25) is 0 Å². The van der Waals surface area contributed by atoms with Gasteiger partial charge in [0.15, 0.2) is 5.65 Å². The van der Waals surface area contributed by atoms with E-state index in [1.165, 1.54) is 4.52 Å². The van der Waals surface area contributed by atoms with Gasteiger partial charge in [0, 0.05) is 13.1 Å². The molecule has 9 nitrogen and oxygen atoms in total. The van der Waals surface area contributed by atoms with Gasteiger partial charge >= 0.3 is 6.09 Å². The highest BCUT2D eigenvalue weighted by Crippen LogP contribution is 2.06. The molecule has 0 radical (unpaired) electrons. The largest absolute Gasteiger partial charge is 0.444 e. The number of carbonyl (C=O) groups is 1. The van der Waals surface area contributed by atoms with Crippen LogP contribution in [0.5, 0.6) is 0 Å². The van der Waals surface area contributed by atoms with Crippen molar-refractivity contribution < 1.29 is 9.53 Å². The fourth-order valence-electron chi connectivity index (χ4n) is 1.47. The molecule has 0 atom stereocenters. The molecule has 2 N–H and O–H groups in total. The number of carbonyl (C=O) groups excluding carboxylic acids is 1. The van der Waals surface area contributed by atoms with E-state index in [0.717, 1.165) is 0 Å². The molecule has 0 aliphatic heterocycles. The van der Waals surface area contributed by atoms with E-state index >= 15 is 0 Å². The van der Waals surface area contributed by atoms with Crippen molar-refractivity contribution in [3.63, 3.8) is 0 Å². The minimum Gasteiger partial charge on any atom is -0.444 e. The van der Waals surface area contributed by atoms with Crippen LogP contribution >= 0.6 is 0 Å². The van der Waals surface area contributed by atoms with E-state index in [9.17, 15) is 4.79 Å². The molecular weight excluding hydrogens is 262 g/mol. The second kappa shape index (κ2) is 5.68. The smallest absolute Gasteiger partial charge is 0.407 e. The van der Waals surface area contributed by atoms with E-state index in [-0.39, 0.29) is 0 Å². The molecule has 2 aromatic rings. The molecule has 0 aliphatic rings. The Balaban J connectivity index is 1.79. The molecule has 0 aromatic carbocycles. The van der Waals surface area contributed by atoms with Crippen molar-refractivity contribution in [1.29, 1.82) is 0 Å². The second-order valence-corrected chi connectivity index (χ2v) is 5.10. The molecule has 20 heavy (non-hydrogen) atoms. The van der Waals surface area contributed by atoms with Gasteiger partial charge in [0.2, 0.25) is 0 Å². The SMILES string of the molecule is CC(C)(C)OC(=O)NCCNc1cncc2nnnn12. The van der Waals surface area contributed by atoms with Gasteiger partial charge in [-0.3, -0.25) is 4.98 Å². The maximum Gasteiger partial charge on any atom is 0.407 e. The number of tetrazole rings is 1. The Morgan fingerprint density at radius 2 is 2.15 bits per heavy atom. The summed E-state index contributed by atoms with van der Waals surface area (Å²) in [5.74, 6) is 0.651. The Kier molecular flexibility index (Phi) is 3.97. The van der Waals surface area contributed by atoms with Gasteiger partial charge in [0.25, 0.3) is 0 Å². The van der Waals surface area contributed by atoms with Gasteiger partial charge in [0.1, 0.15) is 11.4 Å². The molecule has 0 aliphatic carbocycles. The number of nitrogens with one attached hydrogen (secondary N) is 2. The molecule has 0 fully saturated rings. The van der Waals surface area contributed by atoms with Crippen molar-refractivity contribution in [2.45, 2.75) is 26.4 Å². The number of anilines is 1. The zero-order valence-corrected chi connectivity index (χ0v) is 11.6. The number of ether oxygens (including phenoxy) is 1. The summed E-state index contributed by atoms with van der Waals surface area (Å²) in [6, 6.07) is 0. The first kappa shape index (κ1) is 14.0. The first-order valence-corrected chi connectivity index (χ1v) is 6.18.